The maximum atomic E-state index is 5.78. The summed E-state index contributed by atoms with van der Waals surface area (Å²) in [6.45, 7) is 1.29. The maximum absolute atomic E-state index is 5.78. The van der Waals surface area contributed by atoms with Crippen LogP contribution in [0.3, 0.4) is 0 Å². The Labute approximate surface area is 96.3 Å². The van der Waals surface area contributed by atoms with Crippen LogP contribution in [0.5, 0.6) is 0 Å². The molecule has 1 aromatic carbocycles. The summed E-state index contributed by atoms with van der Waals surface area (Å²) in [6.07, 6.45) is 2.07. The summed E-state index contributed by atoms with van der Waals surface area (Å²) in [5.74, 6) is 0. The molecule has 0 radical (unpaired) electrons. The van der Waals surface area contributed by atoms with Crippen molar-refractivity contribution in [3.8, 4) is 0 Å². The zero-order valence-electron chi connectivity index (χ0n) is 9.59. The van der Waals surface area contributed by atoms with Gasteiger partial charge in [-0.3, -0.25) is 0 Å². The Balaban J connectivity index is 1.72. The fourth-order valence-electron chi connectivity index (χ4n) is 1.81. The van der Waals surface area contributed by atoms with Crippen molar-refractivity contribution in [2.24, 2.45) is 0 Å². The molecule has 3 heteroatoms. The van der Waals surface area contributed by atoms with Crippen LogP contribution in [0.1, 0.15) is 18.4 Å². The molecule has 0 unspecified atom stereocenters. The van der Waals surface area contributed by atoms with Gasteiger partial charge < -0.3 is 14.2 Å². The molecule has 0 saturated carbocycles. The molecule has 0 bridgehead atoms. The molecule has 1 aliphatic rings. The zero-order valence-corrected chi connectivity index (χ0v) is 9.59. The van der Waals surface area contributed by atoms with Crippen molar-refractivity contribution >= 4 is 0 Å². The van der Waals surface area contributed by atoms with Crippen molar-refractivity contribution in [3.05, 3.63) is 35.9 Å². The second-order valence-electron chi connectivity index (χ2n) is 3.99. The second kappa shape index (κ2) is 5.99. The first-order chi connectivity index (χ1) is 7.88. The van der Waals surface area contributed by atoms with Crippen LogP contribution in [-0.2, 0) is 20.8 Å². The number of hydrogen-bond donors (Lipinski definition) is 0. The fraction of sp³-hybridized carbons (Fsp3) is 0.538. The van der Waals surface area contributed by atoms with Crippen LogP contribution in [0.4, 0.5) is 0 Å². The van der Waals surface area contributed by atoms with Crippen LogP contribution in [0.2, 0.25) is 0 Å². The summed E-state index contributed by atoms with van der Waals surface area (Å²) in [5, 5.41) is 0. The number of benzene rings is 1. The quantitative estimate of drug-likeness (QED) is 0.782. The monoisotopic (exact) mass is 222 g/mol. The summed E-state index contributed by atoms with van der Waals surface area (Å²) < 4.78 is 16.4. The molecule has 0 aliphatic carbocycles. The SMILES string of the molecule is CO[C@H]1CC[C@@H](OCc2ccccc2)CO1. The Morgan fingerprint density at radius 1 is 1.25 bits per heavy atom. The van der Waals surface area contributed by atoms with Crippen LogP contribution in [-0.4, -0.2) is 26.1 Å². The highest BCUT2D eigenvalue weighted by Crippen LogP contribution is 2.17. The van der Waals surface area contributed by atoms with E-state index < -0.39 is 0 Å². The van der Waals surface area contributed by atoms with Gasteiger partial charge in [-0.1, -0.05) is 30.3 Å². The highest BCUT2D eigenvalue weighted by Gasteiger charge is 2.21. The first-order valence-electron chi connectivity index (χ1n) is 5.68. The molecule has 0 spiro atoms. The number of ether oxygens (including phenoxy) is 3. The lowest BCUT2D eigenvalue weighted by atomic mass is 10.1. The molecule has 1 aliphatic heterocycles. The summed E-state index contributed by atoms with van der Waals surface area (Å²) in [4.78, 5) is 0. The summed E-state index contributed by atoms with van der Waals surface area (Å²) >= 11 is 0. The number of methoxy groups -OCH3 is 1. The Kier molecular flexibility index (Phi) is 4.34. The van der Waals surface area contributed by atoms with Crippen molar-refractivity contribution in [1.82, 2.24) is 0 Å². The van der Waals surface area contributed by atoms with E-state index in [0.717, 1.165) is 12.8 Å². The number of rotatable bonds is 4. The van der Waals surface area contributed by atoms with Crippen LogP contribution in [0, 0.1) is 0 Å². The highest BCUT2D eigenvalue weighted by atomic mass is 16.7. The van der Waals surface area contributed by atoms with Gasteiger partial charge in [-0.05, 0) is 12.0 Å². The van der Waals surface area contributed by atoms with E-state index in [9.17, 15) is 0 Å². The van der Waals surface area contributed by atoms with Crippen molar-refractivity contribution in [3.63, 3.8) is 0 Å². The standard InChI is InChI=1S/C13H18O3/c1-14-13-8-7-12(10-16-13)15-9-11-5-3-2-4-6-11/h2-6,12-13H,7-10H2,1H3/t12-,13-/m1/s1. The minimum absolute atomic E-state index is 0.0448. The summed E-state index contributed by atoms with van der Waals surface area (Å²) in [7, 11) is 1.68. The van der Waals surface area contributed by atoms with Crippen LogP contribution in [0.25, 0.3) is 0 Å². The van der Waals surface area contributed by atoms with Crippen LogP contribution < -0.4 is 0 Å². The van der Waals surface area contributed by atoms with E-state index in [2.05, 4.69) is 12.1 Å². The molecule has 1 heterocycles. The van der Waals surface area contributed by atoms with Gasteiger partial charge in [-0.25, -0.2) is 0 Å². The first-order valence-corrected chi connectivity index (χ1v) is 5.68. The van der Waals surface area contributed by atoms with Crippen LogP contribution in [0.15, 0.2) is 30.3 Å². The first kappa shape index (κ1) is 11.6. The van der Waals surface area contributed by atoms with Gasteiger partial charge in [0.25, 0.3) is 0 Å². The minimum atomic E-state index is -0.0448. The zero-order chi connectivity index (χ0) is 11.2. The molecule has 0 amide bonds. The fourth-order valence-corrected chi connectivity index (χ4v) is 1.81. The lowest BCUT2D eigenvalue weighted by molar-refractivity contribution is -0.184. The summed E-state index contributed by atoms with van der Waals surface area (Å²) in [6, 6.07) is 10.2. The molecule has 2 atom stereocenters. The Bertz CT molecular complexity index is 291. The average molecular weight is 222 g/mol. The third-order valence-electron chi connectivity index (χ3n) is 2.78. The van der Waals surface area contributed by atoms with Gasteiger partial charge in [-0.2, -0.15) is 0 Å². The Morgan fingerprint density at radius 2 is 2.06 bits per heavy atom. The minimum Gasteiger partial charge on any atom is -0.371 e. The molecule has 0 N–H and O–H groups in total. The highest BCUT2D eigenvalue weighted by molar-refractivity contribution is 5.13. The van der Waals surface area contributed by atoms with E-state index in [1.165, 1.54) is 5.56 Å². The average Bonchev–Trinajstić information content (AvgIpc) is 2.38. The van der Waals surface area contributed by atoms with E-state index >= 15 is 0 Å². The number of hydrogen-bond acceptors (Lipinski definition) is 3. The topological polar surface area (TPSA) is 27.7 Å². The molecule has 1 saturated heterocycles. The van der Waals surface area contributed by atoms with Crippen molar-refractivity contribution in [2.75, 3.05) is 13.7 Å². The van der Waals surface area contributed by atoms with Gasteiger partial charge in [-0.15, -0.1) is 0 Å². The molecule has 2 rings (SSSR count). The third-order valence-corrected chi connectivity index (χ3v) is 2.78. The van der Waals surface area contributed by atoms with Gasteiger partial charge >= 0.3 is 0 Å². The predicted octanol–water partition coefficient (Wildman–Crippen LogP) is 2.35. The largest absolute Gasteiger partial charge is 0.371 e. The molecular weight excluding hydrogens is 204 g/mol. The second-order valence-corrected chi connectivity index (χ2v) is 3.99. The van der Waals surface area contributed by atoms with E-state index in [0.29, 0.717) is 13.2 Å². The van der Waals surface area contributed by atoms with Crippen molar-refractivity contribution in [2.45, 2.75) is 31.8 Å². The molecule has 1 aromatic rings. The maximum Gasteiger partial charge on any atom is 0.157 e. The Hall–Kier alpha value is -0.900. The van der Waals surface area contributed by atoms with Crippen molar-refractivity contribution in [1.29, 1.82) is 0 Å². The molecule has 3 nitrogen and oxygen atoms in total. The van der Waals surface area contributed by atoms with Gasteiger partial charge in [0.05, 0.1) is 19.3 Å². The normalized spacial score (nSPS) is 25.6. The van der Waals surface area contributed by atoms with E-state index in [1.54, 1.807) is 7.11 Å². The molecular formula is C13H18O3. The predicted molar refractivity (Wildman–Crippen MR) is 61.0 cm³/mol. The van der Waals surface area contributed by atoms with Crippen molar-refractivity contribution < 1.29 is 14.2 Å². The molecule has 0 aromatic heterocycles. The van der Waals surface area contributed by atoms with Gasteiger partial charge in [0.1, 0.15) is 0 Å². The lowest BCUT2D eigenvalue weighted by Crippen LogP contribution is -2.32. The molecule has 1 fully saturated rings. The molecule has 88 valence electrons. The Morgan fingerprint density at radius 3 is 2.69 bits per heavy atom. The van der Waals surface area contributed by atoms with Gasteiger partial charge in [0.15, 0.2) is 6.29 Å². The van der Waals surface area contributed by atoms with E-state index in [-0.39, 0.29) is 12.4 Å². The molecule has 16 heavy (non-hydrogen) atoms. The van der Waals surface area contributed by atoms with Crippen LogP contribution >= 0.6 is 0 Å². The summed E-state index contributed by atoms with van der Waals surface area (Å²) in [5.41, 5.74) is 1.20. The third kappa shape index (κ3) is 3.30. The van der Waals surface area contributed by atoms with Gasteiger partial charge in [0.2, 0.25) is 0 Å². The smallest absolute Gasteiger partial charge is 0.157 e. The van der Waals surface area contributed by atoms with Gasteiger partial charge in [0, 0.05) is 13.5 Å². The lowest BCUT2D eigenvalue weighted by Gasteiger charge is -2.28. The van der Waals surface area contributed by atoms with E-state index in [4.69, 9.17) is 14.2 Å². The van der Waals surface area contributed by atoms with E-state index in [1.807, 2.05) is 18.2 Å².